The number of aliphatic hydroxyl groups is 1. The maximum absolute atomic E-state index is 13.7. The molecule has 1 spiro atoms. The molecule has 9 aliphatic rings. The molecule has 9 rings (SSSR count). The Balaban J connectivity index is 0.989. The average Bonchev–Trinajstić information content (AvgIpc) is 3.27. The van der Waals surface area contributed by atoms with Crippen LogP contribution in [0.3, 0.4) is 0 Å². The minimum Gasteiger partial charge on any atom is -0.464 e. The van der Waals surface area contributed by atoms with Crippen LogP contribution in [-0.2, 0) is 29.2 Å². The van der Waals surface area contributed by atoms with Gasteiger partial charge in [-0.15, -0.1) is 23.5 Å². The largest absolute Gasteiger partial charge is 0.464 e. The van der Waals surface area contributed by atoms with Gasteiger partial charge in [0.15, 0.2) is 6.61 Å². The quantitative estimate of drug-likeness (QED) is 0.314. The van der Waals surface area contributed by atoms with Crippen LogP contribution in [-0.4, -0.2) is 69.2 Å². The molecule has 5 atom stereocenters. The lowest BCUT2D eigenvalue weighted by Gasteiger charge is -2.62. The summed E-state index contributed by atoms with van der Waals surface area (Å²) in [7, 11) is -5.67. The summed E-state index contributed by atoms with van der Waals surface area (Å²) in [4.78, 5) is 26.5. The summed E-state index contributed by atoms with van der Waals surface area (Å²) in [5.74, 6) is 1.35. The Labute approximate surface area is 241 Å². The fourth-order valence-electron chi connectivity index (χ4n) is 10.4. The molecule has 224 valence electrons. The molecule has 0 aromatic carbocycles. The van der Waals surface area contributed by atoms with Crippen LogP contribution in [0.2, 0.25) is 0 Å². The standard InChI is InChI=1S/C27H36F2O8S3/c28-26(29,40(33,34)35)14-37-21(30)23-4-15-2-18(9-23)27(19(3-15)10-23)38-12-20(39-27)11-36-22(31)24-5-16-1-17(6-24)8-25(32,7-16)13-24/h15-20,32H,1-14H2,(H,33,34,35). The number of ether oxygens (including phenoxy) is 2. The minimum atomic E-state index is -5.67. The third kappa shape index (κ3) is 4.29. The highest BCUT2D eigenvalue weighted by atomic mass is 32.2. The predicted octanol–water partition coefficient (Wildman–Crippen LogP) is 4.26. The van der Waals surface area contributed by atoms with E-state index in [-0.39, 0.29) is 33.1 Å². The van der Waals surface area contributed by atoms with Gasteiger partial charge < -0.3 is 14.6 Å². The Hall–Kier alpha value is -0.630. The van der Waals surface area contributed by atoms with Crippen LogP contribution in [0.15, 0.2) is 0 Å². The second-order valence-corrected chi connectivity index (χ2v) is 18.8. The topological polar surface area (TPSA) is 127 Å². The lowest BCUT2D eigenvalue weighted by atomic mass is 9.48. The average molecular weight is 623 g/mol. The first kappa shape index (κ1) is 28.2. The van der Waals surface area contributed by atoms with Gasteiger partial charge in [0.05, 0.1) is 20.5 Å². The molecule has 5 unspecified atom stereocenters. The summed E-state index contributed by atoms with van der Waals surface area (Å²) >= 11 is 3.73. The van der Waals surface area contributed by atoms with E-state index in [1.54, 1.807) is 0 Å². The summed E-state index contributed by atoms with van der Waals surface area (Å²) in [6.45, 7) is -1.36. The van der Waals surface area contributed by atoms with Crippen molar-refractivity contribution in [1.82, 2.24) is 0 Å². The number of alkyl halides is 2. The molecular weight excluding hydrogens is 586 g/mol. The van der Waals surface area contributed by atoms with E-state index in [9.17, 15) is 31.9 Å². The summed E-state index contributed by atoms with van der Waals surface area (Å²) in [5.41, 5.74) is -2.17. The number of carbonyl (C=O) groups is 2. The molecule has 0 radical (unpaired) electrons. The van der Waals surface area contributed by atoms with Crippen molar-refractivity contribution in [2.45, 2.75) is 90.8 Å². The summed E-state index contributed by atoms with van der Waals surface area (Å²) in [6, 6.07) is 0. The van der Waals surface area contributed by atoms with Gasteiger partial charge in [0.2, 0.25) is 0 Å². The van der Waals surface area contributed by atoms with Crippen molar-refractivity contribution in [3.05, 3.63) is 0 Å². The number of esters is 2. The minimum absolute atomic E-state index is 0.119. The molecule has 0 amide bonds. The molecule has 1 aliphatic heterocycles. The van der Waals surface area contributed by atoms with E-state index < -0.39 is 44.4 Å². The maximum atomic E-state index is 13.7. The zero-order valence-corrected chi connectivity index (χ0v) is 24.6. The molecule has 0 aromatic heterocycles. The Morgan fingerprint density at radius 3 is 2.08 bits per heavy atom. The fourth-order valence-corrected chi connectivity index (χ4v) is 14.7. The normalized spacial score (nSPS) is 48.6. The molecule has 2 N–H and O–H groups in total. The predicted molar refractivity (Wildman–Crippen MR) is 143 cm³/mol. The Morgan fingerprint density at radius 2 is 1.48 bits per heavy atom. The van der Waals surface area contributed by atoms with Crippen molar-refractivity contribution in [2.75, 3.05) is 19.0 Å². The van der Waals surface area contributed by atoms with Gasteiger partial charge in [0.1, 0.15) is 6.61 Å². The van der Waals surface area contributed by atoms with Crippen LogP contribution in [0.25, 0.3) is 0 Å². The van der Waals surface area contributed by atoms with Gasteiger partial charge in [-0.25, -0.2) is 0 Å². The number of rotatable bonds is 7. The van der Waals surface area contributed by atoms with Crippen LogP contribution < -0.4 is 0 Å². The van der Waals surface area contributed by atoms with Crippen molar-refractivity contribution in [2.24, 2.45) is 40.4 Å². The molecular formula is C27H36F2O8S3. The Morgan fingerprint density at radius 1 is 0.875 bits per heavy atom. The van der Waals surface area contributed by atoms with Gasteiger partial charge in [-0.2, -0.15) is 17.2 Å². The molecule has 9 fully saturated rings. The van der Waals surface area contributed by atoms with Crippen molar-refractivity contribution >= 4 is 45.6 Å². The Kier molecular flexibility index (Phi) is 6.30. The highest BCUT2D eigenvalue weighted by Crippen LogP contribution is 2.73. The number of carbonyl (C=O) groups excluding carboxylic acids is 2. The number of halogens is 2. The van der Waals surface area contributed by atoms with E-state index in [2.05, 4.69) is 0 Å². The van der Waals surface area contributed by atoms with Gasteiger partial charge in [0, 0.05) is 11.0 Å². The van der Waals surface area contributed by atoms with E-state index in [0.29, 0.717) is 44.1 Å². The second kappa shape index (κ2) is 8.95. The fraction of sp³-hybridized carbons (Fsp3) is 0.926. The lowest BCUT2D eigenvalue weighted by Crippen LogP contribution is -2.60. The summed E-state index contributed by atoms with van der Waals surface area (Å²) < 4.78 is 68.8. The summed E-state index contributed by atoms with van der Waals surface area (Å²) in [6.07, 6.45) is 8.34. The summed E-state index contributed by atoms with van der Waals surface area (Å²) in [5, 5.41) is 6.61. The molecule has 40 heavy (non-hydrogen) atoms. The highest BCUT2D eigenvalue weighted by molar-refractivity contribution is 8.21. The van der Waals surface area contributed by atoms with E-state index in [1.807, 2.05) is 23.5 Å². The van der Waals surface area contributed by atoms with Crippen LogP contribution >= 0.6 is 23.5 Å². The third-order valence-corrected chi connectivity index (χ3v) is 16.3. The van der Waals surface area contributed by atoms with Crippen molar-refractivity contribution in [1.29, 1.82) is 0 Å². The molecule has 1 saturated heterocycles. The van der Waals surface area contributed by atoms with E-state index in [1.165, 1.54) is 0 Å². The van der Waals surface area contributed by atoms with E-state index in [4.69, 9.17) is 14.0 Å². The first-order chi connectivity index (χ1) is 18.7. The third-order valence-electron chi connectivity index (χ3n) is 11.2. The van der Waals surface area contributed by atoms with Crippen LogP contribution in [0.4, 0.5) is 8.78 Å². The molecule has 8 saturated carbocycles. The first-order valence-corrected chi connectivity index (χ1v) is 17.7. The van der Waals surface area contributed by atoms with Gasteiger partial charge in [-0.05, 0) is 100 Å². The SMILES string of the molecule is O=C(OCC(F)(F)S(=O)(=O)O)C12CC3CC(C1)C1(SCC(COC(=O)C45CC6CC(CC(O)(C6)C4)C5)S1)C(C3)C2. The molecule has 8 aliphatic carbocycles. The van der Waals surface area contributed by atoms with Gasteiger partial charge >= 0.3 is 27.3 Å². The highest BCUT2D eigenvalue weighted by Gasteiger charge is 2.67. The van der Waals surface area contributed by atoms with Crippen LogP contribution in [0.1, 0.15) is 70.6 Å². The molecule has 0 aromatic rings. The number of thioether (sulfide) groups is 2. The van der Waals surface area contributed by atoms with Crippen molar-refractivity contribution in [3.8, 4) is 0 Å². The zero-order chi connectivity index (χ0) is 28.3. The smallest absolute Gasteiger partial charge is 0.402 e. The monoisotopic (exact) mass is 622 g/mol. The van der Waals surface area contributed by atoms with Crippen molar-refractivity contribution in [3.63, 3.8) is 0 Å². The van der Waals surface area contributed by atoms with Gasteiger partial charge in [-0.1, -0.05) is 0 Å². The second-order valence-electron chi connectivity index (χ2n) is 14.1. The molecule has 8 bridgehead atoms. The maximum Gasteiger partial charge on any atom is 0.402 e. The first-order valence-electron chi connectivity index (χ1n) is 14.4. The van der Waals surface area contributed by atoms with E-state index >= 15 is 0 Å². The zero-order valence-electron chi connectivity index (χ0n) is 22.2. The number of hydrogen-bond donors (Lipinski definition) is 2. The van der Waals surface area contributed by atoms with Crippen molar-refractivity contribution < 1.29 is 45.9 Å². The lowest BCUT2D eigenvalue weighted by molar-refractivity contribution is -0.196. The van der Waals surface area contributed by atoms with Gasteiger partial charge in [0.25, 0.3) is 0 Å². The van der Waals surface area contributed by atoms with Crippen LogP contribution in [0.5, 0.6) is 0 Å². The number of hydrogen-bond acceptors (Lipinski definition) is 9. The van der Waals surface area contributed by atoms with Crippen LogP contribution in [0, 0.1) is 40.4 Å². The molecule has 8 nitrogen and oxygen atoms in total. The van der Waals surface area contributed by atoms with E-state index in [0.717, 1.165) is 50.7 Å². The Bertz CT molecular complexity index is 1190. The molecule has 13 heteroatoms. The molecule has 1 heterocycles. The van der Waals surface area contributed by atoms with Gasteiger partial charge in [-0.3, -0.25) is 14.1 Å².